The van der Waals surface area contributed by atoms with Gasteiger partial charge in [-0.1, -0.05) is 20.3 Å². The topological polar surface area (TPSA) is 12.0 Å². The van der Waals surface area contributed by atoms with Gasteiger partial charge < -0.3 is 5.32 Å². The highest BCUT2D eigenvalue weighted by Gasteiger charge is 2.23. The van der Waals surface area contributed by atoms with Crippen molar-refractivity contribution in [1.29, 1.82) is 0 Å². The van der Waals surface area contributed by atoms with E-state index in [0.29, 0.717) is 5.41 Å². The second-order valence-electron chi connectivity index (χ2n) is 5.59. The Bertz CT molecular complexity index is 168. The van der Waals surface area contributed by atoms with Crippen molar-refractivity contribution in [2.75, 3.05) is 18.6 Å². The Morgan fingerprint density at radius 2 is 2.07 bits per heavy atom. The first-order valence-electron chi connectivity index (χ1n) is 6.36. The molecule has 0 spiro atoms. The summed E-state index contributed by atoms with van der Waals surface area (Å²) in [6.07, 6.45) is 10.5. The first-order valence-corrected chi connectivity index (χ1v) is 7.76. The maximum atomic E-state index is 3.72. The highest BCUT2D eigenvalue weighted by atomic mass is 32.2. The Balaban J connectivity index is 2.14. The summed E-state index contributed by atoms with van der Waals surface area (Å²) >= 11 is 1.95. The van der Waals surface area contributed by atoms with Gasteiger partial charge in [0.25, 0.3) is 0 Å². The van der Waals surface area contributed by atoms with Crippen molar-refractivity contribution in [3.8, 4) is 0 Å². The molecule has 1 fully saturated rings. The molecular weight excluding hydrogens is 202 g/mol. The quantitative estimate of drug-likeness (QED) is 0.570. The highest BCUT2D eigenvalue weighted by Crippen LogP contribution is 2.33. The SMILES string of the molecule is CSCCCNC1CCCC(C)(C)CC1. The molecule has 0 heterocycles. The van der Waals surface area contributed by atoms with Crippen LogP contribution in [0.25, 0.3) is 0 Å². The van der Waals surface area contributed by atoms with Crippen molar-refractivity contribution in [3.63, 3.8) is 0 Å². The van der Waals surface area contributed by atoms with Crippen molar-refractivity contribution < 1.29 is 0 Å². The Morgan fingerprint density at radius 3 is 2.80 bits per heavy atom. The second-order valence-corrected chi connectivity index (χ2v) is 6.58. The van der Waals surface area contributed by atoms with Crippen LogP contribution in [0.2, 0.25) is 0 Å². The average Bonchev–Trinajstić information content (AvgIpc) is 2.35. The molecule has 0 aromatic heterocycles. The van der Waals surface area contributed by atoms with Crippen molar-refractivity contribution in [2.45, 2.75) is 58.4 Å². The molecule has 1 nitrogen and oxygen atoms in total. The van der Waals surface area contributed by atoms with Gasteiger partial charge in [-0.15, -0.1) is 0 Å². The maximum absolute atomic E-state index is 3.72. The van der Waals surface area contributed by atoms with Gasteiger partial charge in [0.1, 0.15) is 0 Å². The summed E-state index contributed by atoms with van der Waals surface area (Å²) in [4.78, 5) is 0. The summed E-state index contributed by atoms with van der Waals surface area (Å²) in [6.45, 7) is 6.05. The van der Waals surface area contributed by atoms with E-state index < -0.39 is 0 Å². The van der Waals surface area contributed by atoms with E-state index in [-0.39, 0.29) is 0 Å². The molecule has 0 saturated heterocycles. The van der Waals surface area contributed by atoms with Gasteiger partial charge in [0.15, 0.2) is 0 Å². The Morgan fingerprint density at radius 1 is 1.27 bits per heavy atom. The first-order chi connectivity index (χ1) is 7.14. The lowest BCUT2D eigenvalue weighted by Crippen LogP contribution is -2.29. The van der Waals surface area contributed by atoms with Gasteiger partial charge in [0.2, 0.25) is 0 Å². The molecule has 1 aliphatic carbocycles. The summed E-state index contributed by atoms with van der Waals surface area (Å²) in [5.74, 6) is 1.30. The third-order valence-electron chi connectivity index (χ3n) is 3.53. The molecule has 0 bridgehead atoms. The van der Waals surface area contributed by atoms with Crippen molar-refractivity contribution in [2.24, 2.45) is 5.41 Å². The molecular formula is C13H27NS. The van der Waals surface area contributed by atoms with Crippen LogP contribution in [0.5, 0.6) is 0 Å². The van der Waals surface area contributed by atoms with Crippen LogP contribution in [-0.4, -0.2) is 24.6 Å². The number of hydrogen-bond acceptors (Lipinski definition) is 2. The van der Waals surface area contributed by atoms with Crippen LogP contribution in [0.3, 0.4) is 0 Å². The minimum absolute atomic E-state index is 0.593. The van der Waals surface area contributed by atoms with E-state index in [1.54, 1.807) is 0 Å². The Kier molecular flexibility index (Phi) is 6.06. The monoisotopic (exact) mass is 229 g/mol. The van der Waals surface area contributed by atoms with Crippen molar-refractivity contribution in [1.82, 2.24) is 5.32 Å². The number of thioether (sulfide) groups is 1. The normalized spacial score (nSPS) is 26.2. The molecule has 90 valence electrons. The largest absolute Gasteiger partial charge is 0.314 e. The van der Waals surface area contributed by atoms with Gasteiger partial charge in [-0.3, -0.25) is 0 Å². The summed E-state index contributed by atoms with van der Waals surface area (Å²) < 4.78 is 0. The molecule has 0 aromatic carbocycles. The predicted molar refractivity (Wildman–Crippen MR) is 71.7 cm³/mol. The minimum atomic E-state index is 0.593. The average molecular weight is 229 g/mol. The van der Waals surface area contributed by atoms with E-state index in [0.717, 1.165) is 6.04 Å². The zero-order valence-electron chi connectivity index (χ0n) is 10.6. The van der Waals surface area contributed by atoms with Crippen LogP contribution in [0.1, 0.15) is 52.4 Å². The van der Waals surface area contributed by atoms with E-state index in [4.69, 9.17) is 0 Å². The molecule has 1 unspecified atom stereocenters. The van der Waals surface area contributed by atoms with Crippen molar-refractivity contribution >= 4 is 11.8 Å². The molecule has 2 heteroatoms. The molecule has 1 saturated carbocycles. The van der Waals surface area contributed by atoms with Gasteiger partial charge in [-0.2, -0.15) is 11.8 Å². The highest BCUT2D eigenvalue weighted by molar-refractivity contribution is 7.98. The smallest absolute Gasteiger partial charge is 0.00672 e. The van der Waals surface area contributed by atoms with Crippen LogP contribution in [0, 0.1) is 5.41 Å². The summed E-state index contributed by atoms with van der Waals surface area (Å²) in [6, 6.07) is 0.800. The minimum Gasteiger partial charge on any atom is -0.314 e. The maximum Gasteiger partial charge on any atom is 0.00672 e. The van der Waals surface area contributed by atoms with Gasteiger partial charge >= 0.3 is 0 Å². The molecule has 0 aromatic rings. The molecule has 1 atom stereocenters. The molecule has 1 N–H and O–H groups in total. The van der Waals surface area contributed by atoms with Crippen LogP contribution in [-0.2, 0) is 0 Å². The summed E-state index contributed by atoms with van der Waals surface area (Å²) in [5, 5.41) is 3.72. The standard InChI is InChI=1S/C13H27NS/c1-13(2)8-4-6-12(7-9-13)14-10-5-11-15-3/h12,14H,4-11H2,1-3H3. The van der Waals surface area contributed by atoms with Gasteiger partial charge in [-0.05, 0) is 56.1 Å². The van der Waals surface area contributed by atoms with Crippen LogP contribution < -0.4 is 5.32 Å². The van der Waals surface area contributed by atoms with Gasteiger partial charge in [0.05, 0.1) is 0 Å². The zero-order chi connectivity index (χ0) is 11.1. The summed E-state index contributed by atoms with van der Waals surface area (Å²) in [7, 11) is 0. The Hall–Kier alpha value is 0.310. The lowest BCUT2D eigenvalue weighted by Gasteiger charge is -2.22. The third kappa shape index (κ3) is 5.82. The van der Waals surface area contributed by atoms with E-state index in [1.165, 1.54) is 50.8 Å². The Labute approximate surface area is 99.8 Å². The predicted octanol–water partition coefficient (Wildman–Crippen LogP) is 3.69. The fraction of sp³-hybridized carbons (Fsp3) is 1.00. The molecule has 1 rings (SSSR count). The third-order valence-corrected chi connectivity index (χ3v) is 4.23. The lowest BCUT2D eigenvalue weighted by atomic mass is 9.85. The fourth-order valence-corrected chi connectivity index (χ4v) is 2.82. The molecule has 0 radical (unpaired) electrons. The van der Waals surface area contributed by atoms with Crippen LogP contribution in [0.4, 0.5) is 0 Å². The number of hydrogen-bond donors (Lipinski definition) is 1. The van der Waals surface area contributed by atoms with E-state index in [9.17, 15) is 0 Å². The fourth-order valence-electron chi connectivity index (χ4n) is 2.39. The summed E-state index contributed by atoms with van der Waals surface area (Å²) in [5.41, 5.74) is 0.593. The van der Waals surface area contributed by atoms with Crippen LogP contribution >= 0.6 is 11.8 Å². The number of nitrogens with one attached hydrogen (secondary N) is 1. The van der Waals surface area contributed by atoms with E-state index in [2.05, 4.69) is 25.4 Å². The first kappa shape index (κ1) is 13.4. The zero-order valence-corrected chi connectivity index (χ0v) is 11.5. The molecule has 15 heavy (non-hydrogen) atoms. The van der Waals surface area contributed by atoms with Crippen LogP contribution in [0.15, 0.2) is 0 Å². The second kappa shape index (κ2) is 6.80. The lowest BCUT2D eigenvalue weighted by molar-refractivity contribution is 0.310. The van der Waals surface area contributed by atoms with Crippen molar-refractivity contribution in [3.05, 3.63) is 0 Å². The van der Waals surface area contributed by atoms with E-state index >= 15 is 0 Å². The molecule has 0 aliphatic heterocycles. The molecule has 0 amide bonds. The van der Waals surface area contributed by atoms with Gasteiger partial charge in [-0.25, -0.2) is 0 Å². The number of rotatable bonds is 5. The molecule has 1 aliphatic rings. The van der Waals surface area contributed by atoms with Gasteiger partial charge in [0, 0.05) is 6.04 Å². The van der Waals surface area contributed by atoms with E-state index in [1.807, 2.05) is 11.8 Å².